The van der Waals surface area contributed by atoms with Gasteiger partial charge in [-0.25, -0.2) is 0 Å². The first kappa shape index (κ1) is 16.9. The summed E-state index contributed by atoms with van der Waals surface area (Å²) in [5, 5.41) is 0. The van der Waals surface area contributed by atoms with Gasteiger partial charge in [0.25, 0.3) is 0 Å². The normalized spacial score (nSPS) is 11.6. The zero-order valence-corrected chi connectivity index (χ0v) is 14.2. The lowest BCUT2D eigenvalue weighted by Crippen LogP contribution is -2.25. The van der Waals surface area contributed by atoms with E-state index in [1.165, 1.54) is 16.7 Å². The second-order valence-corrected chi connectivity index (χ2v) is 5.46. The van der Waals surface area contributed by atoms with Gasteiger partial charge < -0.3 is 9.47 Å². The fourth-order valence-corrected chi connectivity index (χ4v) is 3.37. The molecule has 1 rings (SSSR count). The molecule has 0 saturated carbocycles. The number of benzene rings is 1. The highest BCUT2D eigenvalue weighted by Gasteiger charge is 2.32. The lowest BCUT2D eigenvalue weighted by atomic mass is 9.72. The third-order valence-corrected chi connectivity index (χ3v) is 5.00. The molecule has 0 radical (unpaired) electrons. The Morgan fingerprint density at radius 2 is 1.50 bits per heavy atom. The SMILES string of the molecule is CCc1c(C)c(OC)cc(C(CC)(CC)CC)c1OC. The Hall–Kier alpha value is -1.18. The van der Waals surface area contributed by atoms with Crippen molar-refractivity contribution in [2.75, 3.05) is 14.2 Å². The molecule has 114 valence electrons. The average Bonchev–Trinajstić information content (AvgIpc) is 2.49. The third kappa shape index (κ3) is 2.65. The van der Waals surface area contributed by atoms with E-state index in [2.05, 4.69) is 40.7 Å². The van der Waals surface area contributed by atoms with Gasteiger partial charge in [0.05, 0.1) is 14.2 Å². The van der Waals surface area contributed by atoms with Crippen LogP contribution in [-0.4, -0.2) is 14.2 Å². The van der Waals surface area contributed by atoms with Crippen LogP contribution in [0.25, 0.3) is 0 Å². The molecular weight excluding hydrogens is 248 g/mol. The summed E-state index contributed by atoms with van der Waals surface area (Å²) in [5.41, 5.74) is 3.97. The van der Waals surface area contributed by atoms with Gasteiger partial charge in [-0.05, 0) is 49.7 Å². The lowest BCUT2D eigenvalue weighted by molar-refractivity contribution is 0.338. The van der Waals surface area contributed by atoms with Gasteiger partial charge in [0.2, 0.25) is 0 Å². The van der Waals surface area contributed by atoms with Crippen LogP contribution in [0.4, 0.5) is 0 Å². The molecular formula is C18H30O2. The molecule has 0 aliphatic heterocycles. The maximum Gasteiger partial charge on any atom is 0.126 e. The second kappa shape index (κ2) is 7.01. The van der Waals surface area contributed by atoms with Crippen molar-refractivity contribution in [3.63, 3.8) is 0 Å². The summed E-state index contributed by atoms with van der Waals surface area (Å²) in [6.07, 6.45) is 4.32. The Balaban J connectivity index is 3.67. The van der Waals surface area contributed by atoms with E-state index in [1.54, 1.807) is 14.2 Å². The molecule has 0 aromatic heterocycles. The highest BCUT2D eigenvalue weighted by molar-refractivity contribution is 5.56. The van der Waals surface area contributed by atoms with Crippen LogP contribution in [-0.2, 0) is 11.8 Å². The molecule has 0 unspecified atom stereocenters. The topological polar surface area (TPSA) is 18.5 Å². The minimum absolute atomic E-state index is 0.177. The largest absolute Gasteiger partial charge is 0.496 e. The lowest BCUT2D eigenvalue weighted by Gasteiger charge is -2.34. The summed E-state index contributed by atoms with van der Waals surface area (Å²) in [7, 11) is 3.54. The molecule has 0 fully saturated rings. The van der Waals surface area contributed by atoms with Gasteiger partial charge in [-0.3, -0.25) is 0 Å². The Bertz CT molecular complexity index is 437. The van der Waals surface area contributed by atoms with Crippen molar-refractivity contribution >= 4 is 0 Å². The molecule has 2 nitrogen and oxygen atoms in total. The van der Waals surface area contributed by atoms with E-state index in [1.807, 2.05) is 0 Å². The Kier molecular flexibility index (Phi) is 5.91. The van der Waals surface area contributed by atoms with E-state index in [0.29, 0.717) is 0 Å². The van der Waals surface area contributed by atoms with E-state index in [-0.39, 0.29) is 5.41 Å². The minimum atomic E-state index is 0.177. The van der Waals surface area contributed by atoms with Gasteiger partial charge in [0.15, 0.2) is 0 Å². The average molecular weight is 278 g/mol. The molecule has 0 aliphatic rings. The Morgan fingerprint density at radius 3 is 1.85 bits per heavy atom. The smallest absolute Gasteiger partial charge is 0.126 e. The third-order valence-electron chi connectivity index (χ3n) is 5.00. The summed E-state index contributed by atoms with van der Waals surface area (Å²) >= 11 is 0. The molecule has 0 N–H and O–H groups in total. The van der Waals surface area contributed by atoms with Crippen LogP contribution in [0.5, 0.6) is 11.5 Å². The van der Waals surface area contributed by atoms with Crippen molar-refractivity contribution in [2.45, 2.75) is 65.7 Å². The number of ether oxygens (including phenoxy) is 2. The zero-order valence-electron chi connectivity index (χ0n) is 14.2. The molecule has 0 heterocycles. The second-order valence-electron chi connectivity index (χ2n) is 5.46. The highest BCUT2D eigenvalue weighted by Crippen LogP contribution is 2.45. The first-order chi connectivity index (χ1) is 9.54. The monoisotopic (exact) mass is 278 g/mol. The summed E-state index contributed by atoms with van der Waals surface area (Å²) in [4.78, 5) is 0. The fourth-order valence-electron chi connectivity index (χ4n) is 3.37. The summed E-state index contributed by atoms with van der Waals surface area (Å²) < 4.78 is 11.4. The summed E-state index contributed by atoms with van der Waals surface area (Å²) in [5.74, 6) is 2.05. The minimum Gasteiger partial charge on any atom is -0.496 e. The van der Waals surface area contributed by atoms with Crippen molar-refractivity contribution in [3.05, 3.63) is 22.8 Å². The van der Waals surface area contributed by atoms with Crippen LogP contribution in [0, 0.1) is 6.92 Å². The van der Waals surface area contributed by atoms with Crippen molar-refractivity contribution < 1.29 is 9.47 Å². The van der Waals surface area contributed by atoms with Crippen LogP contribution in [0.3, 0.4) is 0 Å². The van der Waals surface area contributed by atoms with Crippen molar-refractivity contribution in [1.29, 1.82) is 0 Å². The molecule has 0 bridgehead atoms. The molecule has 1 aromatic rings. The molecule has 20 heavy (non-hydrogen) atoms. The molecule has 0 saturated heterocycles. The first-order valence-corrected chi connectivity index (χ1v) is 7.79. The quantitative estimate of drug-likeness (QED) is 0.695. The maximum atomic E-state index is 5.80. The van der Waals surface area contributed by atoms with Crippen molar-refractivity contribution in [3.8, 4) is 11.5 Å². The van der Waals surface area contributed by atoms with Gasteiger partial charge in [0.1, 0.15) is 11.5 Å². The fraction of sp³-hybridized carbons (Fsp3) is 0.667. The molecule has 0 spiro atoms. The van der Waals surface area contributed by atoms with E-state index in [0.717, 1.165) is 37.2 Å². The van der Waals surface area contributed by atoms with Gasteiger partial charge in [-0.15, -0.1) is 0 Å². The number of methoxy groups -OCH3 is 2. The van der Waals surface area contributed by atoms with Gasteiger partial charge in [-0.2, -0.15) is 0 Å². The zero-order chi connectivity index (χ0) is 15.3. The molecule has 0 amide bonds. The van der Waals surface area contributed by atoms with Gasteiger partial charge in [-0.1, -0.05) is 27.7 Å². The van der Waals surface area contributed by atoms with Crippen LogP contribution in [0.1, 0.15) is 63.6 Å². The summed E-state index contributed by atoms with van der Waals surface area (Å²) in [6, 6.07) is 2.20. The summed E-state index contributed by atoms with van der Waals surface area (Å²) in [6.45, 7) is 11.1. The molecule has 1 aromatic carbocycles. The van der Waals surface area contributed by atoms with Gasteiger partial charge in [0, 0.05) is 11.1 Å². The van der Waals surface area contributed by atoms with Crippen LogP contribution < -0.4 is 9.47 Å². The Morgan fingerprint density at radius 1 is 0.950 bits per heavy atom. The first-order valence-electron chi connectivity index (χ1n) is 7.79. The van der Waals surface area contributed by atoms with Crippen LogP contribution in [0.2, 0.25) is 0 Å². The van der Waals surface area contributed by atoms with Crippen molar-refractivity contribution in [1.82, 2.24) is 0 Å². The predicted molar refractivity (Wildman–Crippen MR) is 86.2 cm³/mol. The maximum absolute atomic E-state index is 5.80. The Labute approximate surface area is 124 Å². The van der Waals surface area contributed by atoms with E-state index >= 15 is 0 Å². The van der Waals surface area contributed by atoms with Crippen LogP contribution in [0.15, 0.2) is 6.07 Å². The molecule has 2 heteroatoms. The van der Waals surface area contributed by atoms with E-state index < -0.39 is 0 Å². The number of rotatable bonds is 7. The van der Waals surface area contributed by atoms with Crippen molar-refractivity contribution in [2.24, 2.45) is 0 Å². The molecule has 0 aliphatic carbocycles. The number of hydrogen-bond acceptors (Lipinski definition) is 2. The predicted octanol–water partition coefficient (Wildman–Crippen LogP) is 5.04. The van der Waals surface area contributed by atoms with Gasteiger partial charge >= 0.3 is 0 Å². The highest BCUT2D eigenvalue weighted by atomic mass is 16.5. The molecule has 0 atom stereocenters. The van der Waals surface area contributed by atoms with E-state index in [4.69, 9.17) is 9.47 Å². The van der Waals surface area contributed by atoms with Crippen LogP contribution >= 0.6 is 0 Å². The standard InChI is InChI=1S/C18H30O2/c1-8-14-13(5)16(19-6)12-15(17(14)20-7)18(9-2,10-3)11-4/h12H,8-11H2,1-7H3. The number of hydrogen-bond donors (Lipinski definition) is 0. The van der Waals surface area contributed by atoms with E-state index in [9.17, 15) is 0 Å².